The molecule has 5 heteroatoms. The fourth-order valence-electron chi connectivity index (χ4n) is 1.50. The summed E-state index contributed by atoms with van der Waals surface area (Å²) in [5.41, 5.74) is 0.119. The Labute approximate surface area is 131 Å². The van der Waals surface area contributed by atoms with E-state index in [0.717, 1.165) is 9.37 Å². The molecule has 0 unspecified atom stereocenters. The molecule has 0 aromatic heterocycles. The predicted molar refractivity (Wildman–Crippen MR) is 83.3 cm³/mol. The first-order valence-corrected chi connectivity index (χ1v) is 8.01. The van der Waals surface area contributed by atoms with E-state index in [4.69, 9.17) is 0 Å². The Hall–Kier alpha value is -0.650. The van der Waals surface area contributed by atoms with Gasteiger partial charge in [-0.15, -0.1) is 11.8 Å². The van der Waals surface area contributed by atoms with Gasteiger partial charge in [0.25, 0.3) is 0 Å². The smallest absolute Gasteiger partial charge is 0.176 e. The molecule has 2 rings (SSSR count). The van der Waals surface area contributed by atoms with Crippen molar-refractivity contribution in [3.8, 4) is 0 Å². The fraction of sp³-hybridized carbons (Fsp3) is 0.0714. The molecule has 0 saturated heterocycles. The minimum Gasteiger partial charge on any atom is -0.293 e. The van der Waals surface area contributed by atoms with Crippen LogP contribution in [0.4, 0.5) is 4.39 Å². The predicted octanol–water partition coefficient (Wildman–Crippen LogP) is 5.33. The minimum absolute atomic E-state index is 0.119. The zero-order valence-corrected chi connectivity index (χ0v) is 13.7. The van der Waals surface area contributed by atoms with E-state index >= 15 is 0 Å². The second-order valence-corrected chi connectivity index (χ2v) is 6.47. The first-order chi connectivity index (χ1) is 9.09. The lowest BCUT2D eigenvalue weighted by atomic mass is 10.1. The molecule has 0 aliphatic rings. The summed E-state index contributed by atoms with van der Waals surface area (Å²) in [4.78, 5) is 13.0. The van der Waals surface area contributed by atoms with Gasteiger partial charge in [0.2, 0.25) is 0 Å². The molecule has 0 spiro atoms. The van der Waals surface area contributed by atoms with Gasteiger partial charge in [-0.25, -0.2) is 4.39 Å². The Balaban J connectivity index is 2.10. The van der Waals surface area contributed by atoms with Gasteiger partial charge in [-0.1, -0.05) is 18.2 Å². The van der Waals surface area contributed by atoms with Gasteiger partial charge in [0.1, 0.15) is 5.82 Å². The van der Waals surface area contributed by atoms with E-state index in [9.17, 15) is 9.18 Å². The van der Waals surface area contributed by atoms with E-state index in [0.29, 0.717) is 4.47 Å². The maximum absolute atomic E-state index is 13.8. The highest BCUT2D eigenvalue weighted by atomic mass is 79.9. The van der Waals surface area contributed by atoms with Crippen molar-refractivity contribution in [2.24, 2.45) is 0 Å². The van der Waals surface area contributed by atoms with E-state index in [1.165, 1.54) is 17.8 Å². The van der Waals surface area contributed by atoms with Gasteiger partial charge in [0, 0.05) is 9.37 Å². The van der Waals surface area contributed by atoms with Gasteiger partial charge >= 0.3 is 0 Å². The van der Waals surface area contributed by atoms with Crippen molar-refractivity contribution < 1.29 is 9.18 Å². The van der Waals surface area contributed by atoms with Crippen molar-refractivity contribution in [1.29, 1.82) is 0 Å². The molecule has 0 fully saturated rings. The third kappa shape index (κ3) is 3.68. The molecule has 0 radical (unpaired) electrons. The molecule has 98 valence electrons. The summed E-state index contributed by atoms with van der Waals surface area (Å²) < 4.78 is 15.0. The lowest BCUT2D eigenvalue weighted by Gasteiger charge is -2.05. The number of Topliss-reactive ketones (excluding diaryl/α,β-unsaturated/α-hetero) is 1. The van der Waals surface area contributed by atoms with Crippen molar-refractivity contribution in [1.82, 2.24) is 0 Å². The molecular weight excluding hydrogens is 395 g/mol. The molecule has 0 heterocycles. The number of hydrogen-bond donors (Lipinski definition) is 0. The van der Waals surface area contributed by atoms with Crippen LogP contribution in [0.1, 0.15) is 10.4 Å². The highest BCUT2D eigenvalue weighted by Crippen LogP contribution is 2.28. The maximum atomic E-state index is 13.8. The molecule has 0 atom stereocenters. The summed E-state index contributed by atoms with van der Waals surface area (Å²) in [7, 11) is 0. The number of benzene rings is 2. The number of halogens is 3. The zero-order chi connectivity index (χ0) is 13.8. The highest BCUT2D eigenvalue weighted by molar-refractivity contribution is 9.10. The van der Waals surface area contributed by atoms with Gasteiger partial charge in [-0.05, 0) is 56.1 Å². The molecule has 2 aromatic carbocycles. The highest BCUT2D eigenvalue weighted by Gasteiger charge is 2.14. The number of carbonyl (C=O) groups excluding carboxylic acids is 1. The summed E-state index contributed by atoms with van der Waals surface area (Å²) in [5, 5.41) is 0. The Bertz CT molecular complexity index is 616. The third-order valence-electron chi connectivity index (χ3n) is 2.45. The number of hydrogen-bond acceptors (Lipinski definition) is 2. The molecule has 0 saturated carbocycles. The van der Waals surface area contributed by atoms with Crippen molar-refractivity contribution in [2.75, 3.05) is 5.75 Å². The second kappa shape index (κ2) is 6.68. The molecule has 0 bridgehead atoms. The van der Waals surface area contributed by atoms with Crippen LogP contribution in [0.5, 0.6) is 0 Å². The van der Waals surface area contributed by atoms with Crippen LogP contribution in [-0.2, 0) is 0 Å². The minimum atomic E-state index is -0.500. The zero-order valence-electron chi connectivity index (χ0n) is 9.70. The summed E-state index contributed by atoms with van der Waals surface area (Å²) in [5.74, 6) is -0.518. The summed E-state index contributed by atoms with van der Waals surface area (Å²) in [6.45, 7) is 0. The summed E-state index contributed by atoms with van der Waals surface area (Å²) in [6, 6.07) is 12.4. The van der Waals surface area contributed by atoms with Crippen molar-refractivity contribution >= 4 is 49.4 Å². The normalized spacial score (nSPS) is 10.5. The van der Waals surface area contributed by atoms with Crippen LogP contribution in [0.2, 0.25) is 0 Å². The molecule has 1 nitrogen and oxygen atoms in total. The second-order valence-electron chi connectivity index (χ2n) is 3.74. The number of rotatable bonds is 4. The average molecular weight is 404 g/mol. The largest absolute Gasteiger partial charge is 0.293 e. The van der Waals surface area contributed by atoms with Crippen LogP contribution in [-0.4, -0.2) is 11.5 Å². The van der Waals surface area contributed by atoms with Gasteiger partial charge in [0.05, 0.1) is 15.8 Å². The van der Waals surface area contributed by atoms with Gasteiger partial charge in [-0.2, -0.15) is 0 Å². The van der Waals surface area contributed by atoms with Crippen LogP contribution in [0.3, 0.4) is 0 Å². The third-order valence-corrected chi connectivity index (χ3v) is 5.09. The Kier molecular flexibility index (Phi) is 5.19. The molecule has 0 aliphatic heterocycles. The monoisotopic (exact) mass is 402 g/mol. The standard InChI is InChI=1S/C14H9Br2FOS/c15-10-5-1-2-7-13(10)19-8-12(18)9-4-3-6-11(16)14(9)17/h1-7H,8H2. The topological polar surface area (TPSA) is 17.1 Å². The van der Waals surface area contributed by atoms with Gasteiger partial charge in [-0.3, -0.25) is 4.79 Å². The molecular formula is C14H9Br2FOS. The van der Waals surface area contributed by atoms with Crippen LogP contribution in [0.25, 0.3) is 0 Å². The lowest BCUT2D eigenvalue weighted by molar-refractivity contribution is 0.101. The van der Waals surface area contributed by atoms with Crippen molar-refractivity contribution in [3.05, 3.63) is 62.8 Å². The molecule has 19 heavy (non-hydrogen) atoms. The maximum Gasteiger partial charge on any atom is 0.176 e. The van der Waals surface area contributed by atoms with Crippen LogP contribution < -0.4 is 0 Å². The van der Waals surface area contributed by atoms with Crippen LogP contribution in [0, 0.1) is 5.82 Å². The molecule has 0 N–H and O–H groups in total. The van der Waals surface area contributed by atoms with Gasteiger partial charge < -0.3 is 0 Å². The van der Waals surface area contributed by atoms with E-state index in [2.05, 4.69) is 31.9 Å². The van der Waals surface area contributed by atoms with Crippen molar-refractivity contribution in [3.63, 3.8) is 0 Å². The lowest BCUT2D eigenvalue weighted by Crippen LogP contribution is -2.05. The molecule has 0 aliphatic carbocycles. The number of carbonyl (C=O) groups is 1. The summed E-state index contributed by atoms with van der Waals surface area (Å²) in [6.07, 6.45) is 0. The Morgan fingerprint density at radius 3 is 2.47 bits per heavy atom. The quantitative estimate of drug-likeness (QED) is 0.507. The molecule has 2 aromatic rings. The first-order valence-electron chi connectivity index (χ1n) is 5.44. The first kappa shape index (κ1) is 14.8. The number of ketones is 1. The van der Waals surface area contributed by atoms with E-state index in [1.807, 2.05) is 24.3 Å². The van der Waals surface area contributed by atoms with E-state index < -0.39 is 5.82 Å². The van der Waals surface area contributed by atoms with Crippen LogP contribution >= 0.6 is 43.6 Å². The summed E-state index contributed by atoms with van der Waals surface area (Å²) >= 11 is 7.88. The SMILES string of the molecule is O=C(CSc1ccccc1Br)c1cccc(Br)c1F. The fourth-order valence-corrected chi connectivity index (χ4v) is 3.32. The van der Waals surface area contributed by atoms with Gasteiger partial charge in [0.15, 0.2) is 5.78 Å². The number of thioether (sulfide) groups is 1. The van der Waals surface area contributed by atoms with E-state index in [1.54, 1.807) is 12.1 Å². The van der Waals surface area contributed by atoms with Crippen molar-refractivity contribution in [2.45, 2.75) is 4.90 Å². The Morgan fingerprint density at radius 1 is 1.05 bits per heavy atom. The molecule has 0 amide bonds. The Morgan fingerprint density at radius 2 is 1.74 bits per heavy atom. The van der Waals surface area contributed by atoms with E-state index in [-0.39, 0.29) is 17.1 Å². The average Bonchev–Trinajstić information content (AvgIpc) is 2.40. The van der Waals surface area contributed by atoms with Crippen LogP contribution in [0.15, 0.2) is 56.3 Å².